The zero-order valence-corrected chi connectivity index (χ0v) is 15.1. The highest BCUT2D eigenvalue weighted by atomic mass is 16.5. The van der Waals surface area contributed by atoms with E-state index in [1.807, 2.05) is 60.1 Å². The van der Waals surface area contributed by atoms with E-state index >= 15 is 0 Å². The third-order valence-electron chi connectivity index (χ3n) is 4.28. The predicted molar refractivity (Wildman–Crippen MR) is 103 cm³/mol. The minimum atomic E-state index is -0.102. The Labute approximate surface area is 156 Å². The maximum atomic E-state index is 12.2. The molecule has 0 radical (unpaired) electrons. The second-order valence-electron chi connectivity index (χ2n) is 6.22. The molecule has 3 aromatic heterocycles. The molecule has 0 aliphatic rings. The predicted octanol–water partition coefficient (Wildman–Crippen LogP) is 3.38. The monoisotopic (exact) mass is 361 g/mol. The largest absolute Gasteiger partial charge is 0.497 e. The molecule has 4 aromatic rings. The molecular weight excluding hydrogens is 342 g/mol. The van der Waals surface area contributed by atoms with Gasteiger partial charge in [-0.05, 0) is 30.7 Å². The smallest absolute Gasteiger partial charge is 0.255 e. The molecule has 1 aromatic carbocycles. The van der Waals surface area contributed by atoms with E-state index in [1.54, 1.807) is 23.9 Å². The molecule has 27 heavy (non-hydrogen) atoms. The molecule has 0 fully saturated rings. The Hall–Kier alpha value is -3.54. The van der Waals surface area contributed by atoms with Crippen molar-refractivity contribution in [3.8, 4) is 17.2 Å². The van der Waals surface area contributed by atoms with Crippen LogP contribution in [0.1, 0.15) is 11.3 Å². The minimum Gasteiger partial charge on any atom is -0.497 e. The number of imidazole rings is 1. The lowest BCUT2D eigenvalue weighted by Gasteiger charge is -2.12. The van der Waals surface area contributed by atoms with Crippen molar-refractivity contribution in [1.82, 2.24) is 14.0 Å². The van der Waals surface area contributed by atoms with E-state index < -0.39 is 0 Å². The number of aryl methyl sites for hydroxylation is 1. The van der Waals surface area contributed by atoms with Crippen molar-refractivity contribution in [1.29, 1.82) is 0 Å². The first kappa shape index (κ1) is 16.9. The summed E-state index contributed by atoms with van der Waals surface area (Å²) in [5.41, 5.74) is 3.22. The Bertz CT molecular complexity index is 1140. The molecule has 0 aliphatic carbocycles. The van der Waals surface area contributed by atoms with Crippen LogP contribution in [0.5, 0.6) is 11.5 Å². The average molecular weight is 361 g/mol. The first-order valence-corrected chi connectivity index (χ1v) is 8.57. The van der Waals surface area contributed by atoms with Gasteiger partial charge in [0.1, 0.15) is 12.4 Å². The molecule has 0 amide bonds. The minimum absolute atomic E-state index is 0.102. The van der Waals surface area contributed by atoms with Gasteiger partial charge in [-0.2, -0.15) is 0 Å². The summed E-state index contributed by atoms with van der Waals surface area (Å²) in [6.45, 7) is 2.31. The Kier molecular flexibility index (Phi) is 4.38. The molecule has 0 saturated heterocycles. The lowest BCUT2D eigenvalue weighted by molar-refractivity contribution is 0.308. The Morgan fingerprint density at radius 1 is 1.07 bits per heavy atom. The summed E-state index contributed by atoms with van der Waals surface area (Å²) in [6.07, 6.45) is 5.52. The van der Waals surface area contributed by atoms with Crippen molar-refractivity contribution >= 4 is 5.65 Å². The average Bonchev–Trinajstić information content (AvgIpc) is 3.07. The summed E-state index contributed by atoms with van der Waals surface area (Å²) < 4.78 is 14.7. The Morgan fingerprint density at radius 2 is 1.89 bits per heavy atom. The highest BCUT2D eigenvalue weighted by molar-refractivity contribution is 5.58. The second kappa shape index (κ2) is 6.99. The van der Waals surface area contributed by atoms with E-state index in [0.29, 0.717) is 18.0 Å². The lowest BCUT2D eigenvalue weighted by atomic mass is 10.2. The van der Waals surface area contributed by atoms with Crippen LogP contribution >= 0.6 is 0 Å². The first-order chi connectivity index (χ1) is 13.1. The SMILES string of the molecule is COc1ccc(COc2cc(-n3ccccc3=O)cn3cc(C)nc23)cc1. The van der Waals surface area contributed by atoms with Gasteiger partial charge in [-0.25, -0.2) is 4.98 Å². The number of benzene rings is 1. The molecule has 4 rings (SSSR count). The van der Waals surface area contributed by atoms with E-state index in [0.717, 1.165) is 22.7 Å². The van der Waals surface area contributed by atoms with Gasteiger partial charge in [-0.1, -0.05) is 18.2 Å². The van der Waals surface area contributed by atoms with Gasteiger partial charge < -0.3 is 13.9 Å². The number of hydrogen-bond acceptors (Lipinski definition) is 4. The topological polar surface area (TPSA) is 57.8 Å². The van der Waals surface area contributed by atoms with Crippen LogP contribution in [0.15, 0.2) is 71.9 Å². The van der Waals surface area contributed by atoms with Crippen LogP contribution in [-0.2, 0) is 6.61 Å². The van der Waals surface area contributed by atoms with Crippen LogP contribution in [-0.4, -0.2) is 21.1 Å². The second-order valence-corrected chi connectivity index (χ2v) is 6.22. The summed E-state index contributed by atoms with van der Waals surface area (Å²) in [5, 5.41) is 0. The van der Waals surface area contributed by atoms with Crippen LogP contribution < -0.4 is 15.0 Å². The van der Waals surface area contributed by atoms with Crippen LogP contribution in [0.3, 0.4) is 0 Å². The van der Waals surface area contributed by atoms with Crippen LogP contribution in [0.2, 0.25) is 0 Å². The number of pyridine rings is 2. The van der Waals surface area contributed by atoms with Crippen molar-refractivity contribution in [2.24, 2.45) is 0 Å². The standard InChI is InChI=1S/C21H19N3O3/c1-15-12-23-13-17(24-10-4-3-5-20(24)25)11-19(21(23)22-15)27-14-16-6-8-18(26-2)9-7-16/h3-13H,14H2,1-2H3. The molecule has 0 spiro atoms. The molecule has 136 valence electrons. The van der Waals surface area contributed by atoms with Crippen LogP contribution in [0, 0.1) is 6.92 Å². The fourth-order valence-corrected chi connectivity index (χ4v) is 2.94. The third kappa shape index (κ3) is 3.42. The number of aromatic nitrogens is 3. The molecule has 3 heterocycles. The van der Waals surface area contributed by atoms with Gasteiger partial charge in [0, 0.05) is 30.7 Å². The van der Waals surface area contributed by atoms with Gasteiger partial charge in [0.25, 0.3) is 5.56 Å². The number of methoxy groups -OCH3 is 1. The summed E-state index contributed by atoms with van der Waals surface area (Å²) in [5.74, 6) is 1.42. The van der Waals surface area contributed by atoms with E-state index in [9.17, 15) is 4.79 Å². The van der Waals surface area contributed by atoms with E-state index in [4.69, 9.17) is 9.47 Å². The van der Waals surface area contributed by atoms with E-state index in [-0.39, 0.29) is 5.56 Å². The highest BCUT2D eigenvalue weighted by Crippen LogP contribution is 2.24. The van der Waals surface area contributed by atoms with Gasteiger partial charge in [0.05, 0.1) is 18.5 Å². The van der Waals surface area contributed by atoms with Gasteiger partial charge in [0.15, 0.2) is 11.4 Å². The van der Waals surface area contributed by atoms with Crippen molar-refractivity contribution in [2.45, 2.75) is 13.5 Å². The quantitative estimate of drug-likeness (QED) is 0.547. The van der Waals surface area contributed by atoms with E-state index in [1.165, 1.54) is 6.07 Å². The van der Waals surface area contributed by atoms with Crippen LogP contribution in [0.4, 0.5) is 0 Å². The first-order valence-electron chi connectivity index (χ1n) is 8.57. The molecule has 0 N–H and O–H groups in total. The van der Waals surface area contributed by atoms with Crippen molar-refractivity contribution in [3.05, 3.63) is 88.7 Å². The summed E-state index contributed by atoms with van der Waals surface area (Å²) in [7, 11) is 1.64. The zero-order chi connectivity index (χ0) is 18.8. The van der Waals surface area contributed by atoms with Crippen LogP contribution in [0.25, 0.3) is 11.3 Å². The van der Waals surface area contributed by atoms with Crippen molar-refractivity contribution in [2.75, 3.05) is 7.11 Å². The molecule has 0 bridgehead atoms. The van der Waals surface area contributed by atoms with Gasteiger partial charge in [-0.3, -0.25) is 9.36 Å². The van der Waals surface area contributed by atoms with Gasteiger partial charge in [0.2, 0.25) is 0 Å². The molecule has 0 atom stereocenters. The number of fused-ring (bicyclic) bond motifs is 1. The summed E-state index contributed by atoms with van der Waals surface area (Å²) >= 11 is 0. The van der Waals surface area contributed by atoms with Gasteiger partial charge >= 0.3 is 0 Å². The zero-order valence-electron chi connectivity index (χ0n) is 15.1. The normalized spacial score (nSPS) is 10.9. The summed E-state index contributed by atoms with van der Waals surface area (Å²) in [4.78, 5) is 16.7. The number of rotatable bonds is 5. The summed E-state index contributed by atoms with van der Waals surface area (Å²) in [6, 6.07) is 14.6. The maximum Gasteiger partial charge on any atom is 0.255 e. The molecule has 0 aliphatic heterocycles. The Balaban J connectivity index is 1.72. The third-order valence-corrected chi connectivity index (χ3v) is 4.28. The maximum absolute atomic E-state index is 12.2. The van der Waals surface area contributed by atoms with Gasteiger partial charge in [-0.15, -0.1) is 0 Å². The Morgan fingerprint density at radius 3 is 2.63 bits per heavy atom. The molecule has 0 unspecified atom stereocenters. The lowest BCUT2D eigenvalue weighted by Crippen LogP contribution is -2.16. The van der Waals surface area contributed by atoms with E-state index in [2.05, 4.69) is 4.98 Å². The molecule has 6 heteroatoms. The van der Waals surface area contributed by atoms with Crippen molar-refractivity contribution < 1.29 is 9.47 Å². The molecule has 6 nitrogen and oxygen atoms in total. The van der Waals surface area contributed by atoms with Crippen molar-refractivity contribution in [3.63, 3.8) is 0 Å². The number of hydrogen-bond donors (Lipinski definition) is 0. The number of nitrogens with zero attached hydrogens (tertiary/aromatic N) is 3. The fraction of sp³-hybridized carbons (Fsp3) is 0.143. The molecule has 0 saturated carbocycles. The highest BCUT2D eigenvalue weighted by Gasteiger charge is 2.11. The number of ether oxygens (including phenoxy) is 2. The molecular formula is C21H19N3O3. The fourth-order valence-electron chi connectivity index (χ4n) is 2.94.